The van der Waals surface area contributed by atoms with Crippen molar-refractivity contribution in [1.29, 1.82) is 0 Å². The average Bonchev–Trinajstić information content (AvgIpc) is 3.28. The zero-order valence-corrected chi connectivity index (χ0v) is 18.7. The summed E-state index contributed by atoms with van der Waals surface area (Å²) in [4.78, 5) is 26.5. The SMILES string of the molecule is Cc1nc2cnccc2n1-c1ccc(C2=Nc3c(c(-c4ccccc4)nn3C)NC(=O)C2)cc1. The minimum Gasteiger partial charge on any atom is -0.321 e. The standard InChI is InChI=1S/C26H21N7O/c1-16-28-21-15-27-13-12-22(21)33(16)19-10-8-17(9-11-19)20-14-23(34)30-25-24(18-6-4-3-5-7-18)31-32(2)26(25)29-20/h3-13,15H,14H2,1-2H3,(H,30,34). The summed E-state index contributed by atoms with van der Waals surface area (Å²) in [7, 11) is 1.84. The van der Waals surface area contributed by atoms with Gasteiger partial charge in [-0.1, -0.05) is 42.5 Å². The highest BCUT2D eigenvalue weighted by atomic mass is 16.1. The van der Waals surface area contributed by atoms with Crippen LogP contribution in [0.4, 0.5) is 11.5 Å². The molecule has 0 atom stereocenters. The lowest BCUT2D eigenvalue weighted by Crippen LogP contribution is -2.15. The number of anilines is 1. The van der Waals surface area contributed by atoms with Crippen LogP contribution in [-0.4, -0.2) is 35.9 Å². The molecular formula is C26H21N7O. The zero-order chi connectivity index (χ0) is 23.2. The number of carbonyl (C=O) groups is 1. The topological polar surface area (TPSA) is 90.0 Å². The van der Waals surface area contributed by atoms with E-state index in [1.807, 2.05) is 74.6 Å². The quantitative estimate of drug-likeness (QED) is 0.438. The Kier molecular flexibility index (Phi) is 4.58. The Hall–Kier alpha value is -4.59. The van der Waals surface area contributed by atoms with Crippen molar-refractivity contribution in [1.82, 2.24) is 24.3 Å². The molecular weight excluding hydrogens is 426 g/mol. The molecule has 0 unspecified atom stereocenters. The molecule has 2 aromatic carbocycles. The Morgan fingerprint density at radius 2 is 1.76 bits per heavy atom. The van der Waals surface area contributed by atoms with E-state index in [9.17, 15) is 4.79 Å². The Balaban J connectivity index is 1.41. The summed E-state index contributed by atoms with van der Waals surface area (Å²) in [6.07, 6.45) is 3.71. The molecule has 0 saturated carbocycles. The van der Waals surface area contributed by atoms with E-state index >= 15 is 0 Å². The second kappa shape index (κ2) is 7.77. The molecule has 0 saturated heterocycles. The molecule has 8 heteroatoms. The van der Waals surface area contributed by atoms with Crippen LogP contribution in [0.5, 0.6) is 0 Å². The van der Waals surface area contributed by atoms with Gasteiger partial charge in [-0.05, 0) is 30.7 Å². The van der Waals surface area contributed by atoms with Crippen LogP contribution in [0, 0.1) is 6.92 Å². The summed E-state index contributed by atoms with van der Waals surface area (Å²) >= 11 is 0. The monoisotopic (exact) mass is 447 g/mol. The van der Waals surface area contributed by atoms with Gasteiger partial charge in [-0.25, -0.2) is 14.7 Å². The van der Waals surface area contributed by atoms with Gasteiger partial charge >= 0.3 is 0 Å². The number of rotatable bonds is 3. The molecule has 6 rings (SSSR count). The summed E-state index contributed by atoms with van der Waals surface area (Å²) in [5, 5.41) is 7.65. The number of nitrogens with one attached hydrogen (secondary N) is 1. The Labute approximate surface area is 195 Å². The fraction of sp³-hybridized carbons (Fsp3) is 0.115. The van der Waals surface area contributed by atoms with Crippen molar-refractivity contribution in [3.8, 4) is 16.9 Å². The van der Waals surface area contributed by atoms with E-state index in [4.69, 9.17) is 4.99 Å². The van der Waals surface area contributed by atoms with E-state index in [0.717, 1.165) is 33.7 Å². The number of carbonyl (C=O) groups excluding carboxylic acids is 1. The van der Waals surface area contributed by atoms with Crippen LogP contribution in [0.25, 0.3) is 28.0 Å². The third-order valence-electron chi connectivity index (χ3n) is 5.98. The maximum atomic E-state index is 12.8. The Bertz CT molecular complexity index is 1580. The van der Waals surface area contributed by atoms with Gasteiger partial charge in [-0.15, -0.1) is 0 Å². The van der Waals surface area contributed by atoms with Crippen LogP contribution in [0.2, 0.25) is 0 Å². The van der Waals surface area contributed by atoms with Crippen molar-refractivity contribution >= 4 is 34.2 Å². The molecule has 1 N–H and O–H groups in total. The van der Waals surface area contributed by atoms with Crippen LogP contribution in [-0.2, 0) is 11.8 Å². The lowest BCUT2D eigenvalue weighted by Gasteiger charge is -2.09. The number of aromatic nitrogens is 5. The Morgan fingerprint density at radius 1 is 0.971 bits per heavy atom. The number of amides is 1. The zero-order valence-electron chi connectivity index (χ0n) is 18.7. The molecule has 1 aliphatic rings. The van der Waals surface area contributed by atoms with Gasteiger partial charge in [0.1, 0.15) is 22.7 Å². The molecule has 0 fully saturated rings. The fourth-order valence-corrected chi connectivity index (χ4v) is 4.41. The van der Waals surface area contributed by atoms with E-state index in [0.29, 0.717) is 22.9 Å². The van der Waals surface area contributed by atoms with Gasteiger partial charge in [0.05, 0.1) is 23.8 Å². The van der Waals surface area contributed by atoms with Gasteiger partial charge in [0, 0.05) is 24.5 Å². The molecule has 8 nitrogen and oxygen atoms in total. The largest absolute Gasteiger partial charge is 0.321 e. The molecule has 0 aliphatic carbocycles. The van der Waals surface area contributed by atoms with Crippen LogP contribution < -0.4 is 5.32 Å². The smallest absolute Gasteiger partial charge is 0.230 e. The number of hydrogen-bond acceptors (Lipinski definition) is 5. The van der Waals surface area contributed by atoms with E-state index in [1.54, 1.807) is 17.1 Å². The van der Waals surface area contributed by atoms with Crippen molar-refractivity contribution in [2.24, 2.45) is 12.0 Å². The lowest BCUT2D eigenvalue weighted by atomic mass is 10.1. The highest BCUT2D eigenvalue weighted by Gasteiger charge is 2.24. The van der Waals surface area contributed by atoms with Crippen molar-refractivity contribution in [3.63, 3.8) is 0 Å². The molecule has 1 aliphatic heterocycles. The molecule has 34 heavy (non-hydrogen) atoms. The van der Waals surface area contributed by atoms with Crippen LogP contribution in [0.1, 0.15) is 17.8 Å². The van der Waals surface area contributed by atoms with Gasteiger partial charge in [-0.3, -0.25) is 14.3 Å². The van der Waals surface area contributed by atoms with Crippen molar-refractivity contribution < 1.29 is 4.79 Å². The van der Waals surface area contributed by atoms with E-state index < -0.39 is 0 Å². The molecule has 0 spiro atoms. The third-order valence-corrected chi connectivity index (χ3v) is 5.98. The third kappa shape index (κ3) is 3.27. The van der Waals surface area contributed by atoms with Gasteiger partial charge in [0.2, 0.25) is 5.91 Å². The molecule has 4 heterocycles. The first-order chi connectivity index (χ1) is 16.6. The minimum absolute atomic E-state index is 0.115. The minimum atomic E-state index is -0.115. The summed E-state index contributed by atoms with van der Waals surface area (Å²) in [6, 6.07) is 19.8. The first-order valence-corrected chi connectivity index (χ1v) is 11.0. The van der Waals surface area contributed by atoms with Crippen LogP contribution in [0.3, 0.4) is 0 Å². The first kappa shape index (κ1) is 20.0. The molecule has 1 amide bonds. The molecule has 3 aromatic heterocycles. The molecule has 166 valence electrons. The maximum Gasteiger partial charge on any atom is 0.230 e. The number of aryl methyl sites for hydroxylation is 2. The lowest BCUT2D eigenvalue weighted by molar-refractivity contribution is -0.115. The van der Waals surface area contributed by atoms with Gasteiger partial charge < -0.3 is 5.32 Å². The van der Waals surface area contributed by atoms with Crippen molar-refractivity contribution in [2.75, 3.05) is 5.32 Å². The highest BCUT2D eigenvalue weighted by molar-refractivity contribution is 6.17. The number of hydrogen-bond donors (Lipinski definition) is 1. The number of aliphatic imine (C=N–C) groups is 1. The Morgan fingerprint density at radius 3 is 2.56 bits per heavy atom. The average molecular weight is 448 g/mol. The number of fused-ring (bicyclic) bond motifs is 2. The maximum absolute atomic E-state index is 12.8. The van der Waals surface area contributed by atoms with Crippen LogP contribution >= 0.6 is 0 Å². The van der Waals surface area contributed by atoms with Crippen molar-refractivity contribution in [3.05, 3.63) is 84.4 Å². The molecule has 0 radical (unpaired) electrons. The summed E-state index contributed by atoms with van der Waals surface area (Å²) in [5.74, 6) is 1.40. The predicted octanol–water partition coefficient (Wildman–Crippen LogP) is 4.59. The normalized spacial score (nSPS) is 13.4. The van der Waals surface area contributed by atoms with Gasteiger partial charge in [-0.2, -0.15) is 5.10 Å². The second-order valence-corrected chi connectivity index (χ2v) is 8.23. The fourth-order valence-electron chi connectivity index (χ4n) is 4.41. The summed E-state index contributed by atoms with van der Waals surface area (Å²) in [6.45, 7) is 1.97. The van der Waals surface area contributed by atoms with Crippen molar-refractivity contribution in [2.45, 2.75) is 13.3 Å². The second-order valence-electron chi connectivity index (χ2n) is 8.23. The number of benzene rings is 2. The first-order valence-electron chi connectivity index (χ1n) is 11.0. The van der Waals surface area contributed by atoms with Gasteiger partial charge in [0.25, 0.3) is 0 Å². The van der Waals surface area contributed by atoms with Crippen LogP contribution in [0.15, 0.2) is 78.0 Å². The molecule has 0 bridgehead atoms. The van der Waals surface area contributed by atoms with E-state index in [1.165, 1.54) is 0 Å². The summed E-state index contributed by atoms with van der Waals surface area (Å²) < 4.78 is 3.81. The number of nitrogens with zero attached hydrogens (tertiary/aromatic N) is 6. The predicted molar refractivity (Wildman–Crippen MR) is 132 cm³/mol. The van der Waals surface area contributed by atoms with E-state index in [2.05, 4.69) is 25.0 Å². The molecule has 5 aromatic rings. The van der Waals surface area contributed by atoms with E-state index in [-0.39, 0.29) is 12.3 Å². The number of pyridine rings is 1. The van der Waals surface area contributed by atoms with Gasteiger partial charge in [0.15, 0.2) is 5.82 Å². The summed E-state index contributed by atoms with van der Waals surface area (Å²) in [5.41, 5.74) is 6.70. The highest BCUT2D eigenvalue weighted by Crippen LogP contribution is 2.37. The number of imidazole rings is 1.